The number of aliphatic hydroxyl groups is 1. The van der Waals surface area contributed by atoms with Crippen LogP contribution in [0.5, 0.6) is 5.88 Å². The summed E-state index contributed by atoms with van der Waals surface area (Å²) in [6.45, 7) is 9.80. The minimum Gasteiger partial charge on any atom is -0.481 e. The Balaban J connectivity index is 0.000000796. The number of aryl methyl sites for hydroxylation is 1. The van der Waals surface area contributed by atoms with Crippen LogP contribution in [0.4, 0.5) is 0 Å². The smallest absolute Gasteiger partial charge is 0.300 e. The molecule has 3 N–H and O–H groups in total. The van der Waals surface area contributed by atoms with E-state index in [4.69, 9.17) is 14.6 Å². The van der Waals surface area contributed by atoms with Gasteiger partial charge in [-0.15, -0.1) is 4.37 Å². The van der Waals surface area contributed by atoms with Gasteiger partial charge in [0.2, 0.25) is 5.88 Å². The first-order chi connectivity index (χ1) is 9.11. The molecule has 116 valence electrons. The summed E-state index contributed by atoms with van der Waals surface area (Å²) in [5.41, 5.74) is 0.764. The summed E-state index contributed by atoms with van der Waals surface area (Å²) in [5.74, 6) is -0.320. The first-order valence-corrected chi connectivity index (χ1v) is 6.89. The highest BCUT2D eigenvalue weighted by atomic mass is 32.1. The van der Waals surface area contributed by atoms with Crippen molar-refractivity contribution in [3.63, 3.8) is 0 Å². The molecule has 1 aromatic heterocycles. The third-order valence-corrected chi connectivity index (χ3v) is 2.49. The molecule has 0 fully saturated rings. The van der Waals surface area contributed by atoms with Crippen molar-refractivity contribution >= 4 is 17.7 Å². The maximum Gasteiger partial charge on any atom is 0.300 e. The quantitative estimate of drug-likeness (QED) is 0.747. The first-order valence-electron chi connectivity index (χ1n) is 6.16. The van der Waals surface area contributed by atoms with E-state index in [0.717, 1.165) is 24.3 Å². The molecule has 0 spiro atoms. The fourth-order valence-corrected chi connectivity index (χ4v) is 1.51. The zero-order chi connectivity index (χ0) is 15.8. The molecule has 7 nitrogen and oxygen atoms in total. The number of nitrogens with zero attached hydrogens (tertiary/aromatic N) is 2. The molecule has 0 aliphatic carbocycles. The highest BCUT2D eigenvalue weighted by molar-refractivity contribution is 6.99. The summed E-state index contributed by atoms with van der Waals surface area (Å²) in [7, 11) is 0. The molecule has 1 aromatic rings. The van der Waals surface area contributed by atoms with Crippen LogP contribution in [0.2, 0.25) is 0 Å². The lowest BCUT2D eigenvalue weighted by molar-refractivity contribution is -0.134. The molecule has 20 heavy (non-hydrogen) atoms. The second kappa shape index (κ2) is 8.83. The predicted molar refractivity (Wildman–Crippen MR) is 77.2 cm³/mol. The molecule has 0 saturated heterocycles. The lowest BCUT2D eigenvalue weighted by Gasteiger charge is -2.22. The van der Waals surface area contributed by atoms with E-state index >= 15 is 0 Å². The van der Waals surface area contributed by atoms with Gasteiger partial charge in [-0.1, -0.05) is 0 Å². The van der Waals surface area contributed by atoms with Crippen LogP contribution in [0.3, 0.4) is 0 Å². The van der Waals surface area contributed by atoms with Crippen molar-refractivity contribution in [1.82, 2.24) is 14.1 Å². The summed E-state index contributed by atoms with van der Waals surface area (Å²) < 4.78 is 13.3. The Morgan fingerprint density at radius 1 is 1.45 bits per heavy atom. The molecule has 1 atom stereocenters. The van der Waals surface area contributed by atoms with Crippen LogP contribution in [0.25, 0.3) is 0 Å². The number of carbonyl (C=O) groups is 1. The van der Waals surface area contributed by atoms with E-state index < -0.39 is 12.1 Å². The first kappa shape index (κ1) is 18.8. The lowest BCUT2D eigenvalue weighted by Crippen LogP contribution is -2.42. The Labute approximate surface area is 123 Å². The molecule has 0 amide bonds. The van der Waals surface area contributed by atoms with Gasteiger partial charge in [-0.25, -0.2) is 0 Å². The van der Waals surface area contributed by atoms with E-state index in [-0.39, 0.29) is 12.1 Å². The number of aliphatic carboxylic acids is 1. The zero-order valence-electron chi connectivity index (χ0n) is 12.5. The minimum absolute atomic E-state index is 0.000910. The molecule has 0 radical (unpaired) electrons. The Kier molecular flexibility index (Phi) is 8.28. The number of rotatable bonds is 5. The zero-order valence-corrected chi connectivity index (χ0v) is 13.3. The second-order valence-electron chi connectivity index (χ2n) is 5.27. The van der Waals surface area contributed by atoms with Gasteiger partial charge in [0.25, 0.3) is 5.97 Å². The number of carboxylic acid groups (broad SMARTS) is 1. The van der Waals surface area contributed by atoms with Gasteiger partial charge in [-0.2, -0.15) is 4.37 Å². The van der Waals surface area contributed by atoms with Crippen molar-refractivity contribution in [3.8, 4) is 5.88 Å². The van der Waals surface area contributed by atoms with Crippen molar-refractivity contribution < 1.29 is 19.7 Å². The maximum absolute atomic E-state index is 9.67. The fraction of sp³-hybridized carbons (Fsp3) is 0.750. The SMILES string of the molecule is CC(=O)O.Cc1nsnc1OCC(O)CNC(C)(C)C. The van der Waals surface area contributed by atoms with Gasteiger partial charge < -0.3 is 20.3 Å². The van der Waals surface area contributed by atoms with Gasteiger partial charge in [-0.3, -0.25) is 4.79 Å². The van der Waals surface area contributed by atoms with E-state index in [1.807, 2.05) is 6.92 Å². The average Bonchev–Trinajstić information content (AvgIpc) is 2.68. The van der Waals surface area contributed by atoms with Crippen molar-refractivity contribution in [2.75, 3.05) is 13.2 Å². The molecule has 8 heteroatoms. The third kappa shape index (κ3) is 10.7. The van der Waals surface area contributed by atoms with Gasteiger partial charge in [0.05, 0.1) is 11.7 Å². The van der Waals surface area contributed by atoms with E-state index in [0.29, 0.717) is 12.4 Å². The van der Waals surface area contributed by atoms with Gasteiger partial charge >= 0.3 is 0 Å². The number of ether oxygens (including phenoxy) is 1. The van der Waals surface area contributed by atoms with Crippen LogP contribution in [-0.2, 0) is 4.79 Å². The summed E-state index contributed by atoms with van der Waals surface area (Å²) in [5, 5.41) is 20.3. The van der Waals surface area contributed by atoms with E-state index in [9.17, 15) is 5.11 Å². The van der Waals surface area contributed by atoms with Gasteiger partial charge in [0.15, 0.2) is 0 Å². The molecule has 0 aliphatic heterocycles. The standard InChI is InChI=1S/C10H19N3O2S.C2H4O2/c1-7-9(13-16-12-7)15-6-8(14)5-11-10(2,3)4;1-2(3)4/h8,11,14H,5-6H2,1-4H3;1H3,(H,3,4). The molecular formula is C12H23N3O4S. The van der Waals surface area contributed by atoms with Gasteiger partial charge in [-0.05, 0) is 27.7 Å². The molecule has 1 unspecified atom stereocenters. The monoisotopic (exact) mass is 305 g/mol. The Bertz CT molecular complexity index is 400. The largest absolute Gasteiger partial charge is 0.481 e. The summed E-state index contributed by atoms with van der Waals surface area (Å²) in [6, 6.07) is 0. The molecule has 0 bridgehead atoms. The number of aliphatic hydroxyl groups excluding tert-OH is 1. The fourth-order valence-electron chi connectivity index (χ4n) is 1.01. The van der Waals surface area contributed by atoms with Crippen molar-refractivity contribution in [2.24, 2.45) is 0 Å². The molecular weight excluding hydrogens is 282 g/mol. The van der Waals surface area contributed by atoms with E-state index in [1.165, 1.54) is 0 Å². The maximum atomic E-state index is 9.67. The van der Waals surface area contributed by atoms with Crippen LogP contribution in [-0.4, -0.2) is 49.7 Å². The molecule has 1 rings (SSSR count). The number of carboxylic acids is 1. The number of hydrogen-bond acceptors (Lipinski definition) is 7. The number of hydrogen-bond donors (Lipinski definition) is 3. The van der Waals surface area contributed by atoms with Gasteiger partial charge in [0, 0.05) is 19.0 Å². The Hall–Kier alpha value is -1.25. The number of aromatic nitrogens is 2. The van der Waals surface area contributed by atoms with Crippen LogP contribution in [0, 0.1) is 6.92 Å². The Morgan fingerprint density at radius 3 is 2.40 bits per heavy atom. The summed E-state index contributed by atoms with van der Waals surface area (Å²) in [4.78, 5) is 9.00. The topological polar surface area (TPSA) is 105 Å². The Morgan fingerprint density at radius 2 is 2.00 bits per heavy atom. The molecule has 0 saturated carbocycles. The minimum atomic E-state index is -0.833. The summed E-state index contributed by atoms with van der Waals surface area (Å²) in [6.07, 6.45) is -0.541. The van der Waals surface area contributed by atoms with Crippen LogP contribution >= 0.6 is 11.7 Å². The molecule has 1 heterocycles. The number of nitrogens with one attached hydrogen (secondary N) is 1. The lowest BCUT2D eigenvalue weighted by atomic mass is 10.1. The molecule has 0 aliphatic rings. The average molecular weight is 305 g/mol. The van der Waals surface area contributed by atoms with Crippen molar-refractivity contribution in [2.45, 2.75) is 46.3 Å². The highest BCUT2D eigenvalue weighted by Crippen LogP contribution is 2.13. The van der Waals surface area contributed by atoms with Gasteiger partial charge in [0.1, 0.15) is 18.4 Å². The third-order valence-electron chi connectivity index (χ3n) is 1.89. The number of β-amino-alcohol motifs (C(OH)–C–C–N with tert-alkyl or cyclic N) is 1. The highest BCUT2D eigenvalue weighted by Gasteiger charge is 2.13. The van der Waals surface area contributed by atoms with Crippen LogP contribution in [0.1, 0.15) is 33.4 Å². The van der Waals surface area contributed by atoms with Crippen LogP contribution < -0.4 is 10.1 Å². The normalized spacial score (nSPS) is 12.3. The summed E-state index contributed by atoms with van der Waals surface area (Å²) >= 11 is 1.11. The second-order valence-corrected chi connectivity index (χ2v) is 5.80. The van der Waals surface area contributed by atoms with Crippen LogP contribution in [0.15, 0.2) is 0 Å². The van der Waals surface area contributed by atoms with Crippen molar-refractivity contribution in [3.05, 3.63) is 5.69 Å². The predicted octanol–water partition coefficient (Wildman–Crippen LogP) is 1.07. The van der Waals surface area contributed by atoms with Crippen molar-refractivity contribution in [1.29, 1.82) is 0 Å². The molecule has 0 aromatic carbocycles. The van der Waals surface area contributed by atoms with E-state index in [1.54, 1.807) is 0 Å². The van der Waals surface area contributed by atoms with E-state index in [2.05, 4.69) is 34.8 Å².